The Kier molecular flexibility index (Phi) is 4.65. The molecule has 0 amide bonds. The molecule has 3 aromatic rings. The van der Waals surface area contributed by atoms with E-state index in [0.29, 0.717) is 11.7 Å². The van der Waals surface area contributed by atoms with Crippen molar-refractivity contribution in [3.05, 3.63) is 59.7 Å². The van der Waals surface area contributed by atoms with Gasteiger partial charge in [-0.1, -0.05) is 56.0 Å². The fourth-order valence-corrected chi connectivity index (χ4v) is 3.88. The predicted molar refractivity (Wildman–Crippen MR) is 108 cm³/mol. The Balaban J connectivity index is 1.88. The molecule has 1 heterocycles. The number of aromatic nitrogens is 1. The minimum atomic E-state index is 0.154. The molecule has 1 aromatic heterocycles. The smallest absolute Gasteiger partial charge is 0.199 e. The van der Waals surface area contributed by atoms with Gasteiger partial charge < -0.3 is 15.8 Å². The number of fused-ring (bicyclic) bond motifs is 1. The van der Waals surface area contributed by atoms with Gasteiger partial charge in [0, 0.05) is 22.2 Å². The van der Waals surface area contributed by atoms with Gasteiger partial charge in [0.15, 0.2) is 5.88 Å². The number of aromatic hydroxyl groups is 1. The normalized spacial score (nSPS) is 16.7. The molecule has 0 atom stereocenters. The molecule has 0 unspecified atom stereocenters. The largest absolute Gasteiger partial charge is 0.494 e. The highest BCUT2D eigenvalue weighted by Gasteiger charge is 2.20. The number of nitrogens with two attached hydrogens (primary N) is 1. The molecule has 1 fully saturated rings. The second kappa shape index (κ2) is 7.24. The van der Waals surface area contributed by atoms with E-state index in [9.17, 15) is 5.11 Å². The molecule has 4 rings (SSSR count). The molecule has 26 heavy (non-hydrogen) atoms. The summed E-state index contributed by atoms with van der Waals surface area (Å²) in [6.45, 7) is 0. The van der Waals surface area contributed by atoms with Crippen LogP contribution in [0, 0.1) is 0 Å². The summed E-state index contributed by atoms with van der Waals surface area (Å²) >= 11 is 0. The molecular weight excluding hydrogens is 322 g/mol. The summed E-state index contributed by atoms with van der Waals surface area (Å²) in [6.07, 6.45) is 7.26. The zero-order chi connectivity index (χ0) is 17.9. The van der Waals surface area contributed by atoms with Gasteiger partial charge in [-0.2, -0.15) is 0 Å². The first-order valence-electron chi connectivity index (χ1n) is 9.46. The Morgan fingerprint density at radius 1 is 1.00 bits per heavy atom. The summed E-state index contributed by atoms with van der Waals surface area (Å²) in [5, 5.41) is 11.6. The lowest BCUT2D eigenvalue weighted by Gasteiger charge is -2.14. The maximum Gasteiger partial charge on any atom is 0.199 e. The third kappa shape index (κ3) is 3.32. The number of nitrogens with zero attached hydrogens (tertiary/aromatic N) is 1. The van der Waals surface area contributed by atoms with E-state index in [2.05, 4.69) is 17.1 Å². The predicted octanol–water partition coefficient (Wildman–Crippen LogP) is 5.02. The molecule has 4 nitrogen and oxygen atoms in total. The molecule has 1 saturated carbocycles. The van der Waals surface area contributed by atoms with Gasteiger partial charge in [-0.25, -0.2) is 0 Å². The van der Waals surface area contributed by atoms with Crippen molar-refractivity contribution in [2.24, 2.45) is 4.99 Å². The van der Waals surface area contributed by atoms with Crippen LogP contribution in [0.5, 0.6) is 5.88 Å². The van der Waals surface area contributed by atoms with E-state index >= 15 is 0 Å². The van der Waals surface area contributed by atoms with Gasteiger partial charge in [0.25, 0.3) is 0 Å². The highest BCUT2D eigenvalue weighted by Crippen LogP contribution is 2.32. The Morgan fingerprint density at radius 2 is 1.73 bits per heavy atom. The van der Waals surface area contributed by atoms with Crippen molar-refractivity contribution in [3.63, 3.8) is 0 Å². The number of benzene rings is 2. The van der Waals surface area contributed by atoms with Crippen molar-refractivity contribution >= 4 is 22.3 Å². The van der Waals surface area contributed by atoms with E-state index in [-0.39, 0.29) is 5.88 Å². The van der Waals surface area contributed by atoms with Crippen LogP contribution in [0.3, 0.4) is 0 Å². The number of aromatic amines is 1. The average molecular weight is 347 g/mol. The number of anilines is 1. The lowest BCUT2D eigenvalue weighted by atomic mass is 9.99. The second-order valence-electron chi connectivity index (χ2n) is 7.14. The molecule has 0 bridgehead atoms. The molecule has 2 aromatic carbocycles. The summed E-state index contributed by atoms with van der Waals surface area (Å²) in [7, 11) is 0. The standard InChI is InChI=1S/C22H25N3O/c23-16-12-13-19-18(14-16)20(22(26)25-19)21(15-8-4-3-5-9-15)24-17-10-6-1-2-7-11-17/h3-5,8-9,12-14,17,25-26H,1-2,6-7,10-11,23H2. The zero-order valence-electron chi connectivity index (χ0n) is 14.9. The van der Waals surface area contributed by atoms with Gasteiger partial charge in [-0.05, 0) is 31.0 Å². The first kappa shape index (κ1) is 16.7. The van der Waals surface area contributed by atoms with Gasteiger partial charge in [-0.3, -0.25) is 4.99 Å². The molecule has 1 aliphatic rings. The van der Waals surface area contributed by atoms with Crippen LogP contribution in [0.1, 0.15) is 49.7 Å². The molecular formula is C22H25N3O. The molecule has 0 aliphatic heterocycles. The van der Waals surface area contributed by atoms with E-state index in [1.807, 2.05) is 36.4 Å². The number of aliphatic imine (C=N–C) groups is 1. The maximum absolute atomic E-state index is 10.7. The minimum Gasteiger partial charge on any atom is -0.494 e. The van der Waals surface area contributed by atoms with E-state index in [1.165, 1.54) is 25.7 Å². The van der Waals surface area contributed by atoms with Crippen LogP contribution in [0.15, 0.2) is 53.5 Å². The van der Waals surface area contributed by atoms with Crippen molar-refractivity contribution in [1.29, 1.82) is 0 Å². The fourth-order valence-electron chi connectivity index (χ4n) is 3.88. The van der Waals surface area contributed by atoms with Crippen molar-refractivity contribution in [2.75, 3.05) is 5.73 Å². The van der Waals surface area contributed by atoms with Crippen LogP contribution >= 0.6 is 0 Å². The first-order chi connectivity index (χ1) is 12.7. The van der Waals surface area contributed by atoms with Crippen molar-refractivity contribution in [1.82, 2.24) is 4.98 Å². The first-order valence-corrected chi connectivity index (χ1v) is 9.46. The Bertz CT molecular complexity index is 919. The summed E-state index contributed by atoms with van der Waals surface area (Å²) in [5.41, 5.74) is 10.2. The summed E-state index contributed by atoms with van der Waals surface area (Å²) in [5.74, 6) is 0.154. The molecule has 4 heteroatoms. The van der Waals surface area contributed by atoms with Gasteiger partial charge in [0.2, 0.25) is 0 Å². The molecule has 134 valence electrons. The van der Waals surface area contributed by atoms with E-state index < -0.39 is 0 Å². The number of hydrogen-bond acceptors (Lipinski definition) is 3. The topological polar surface area (TPSA) is 74.4 Å². The second-order valence-corrected chi connectivity index (χ2v) is 7.14. The van der Waals surface area contributed by atoms with Crippen molar-refractivity contribution in [2.45, 2.75) is 44.6 Å². The van der Waals surface area contributed by atoms with Crippen LogP contribution in [0.4, 0.5) is 5.69 Å². The van der Waals surface area contributed by atoms with Crippen LogP contribution in [0.25, 0.3) is 10.9 Å². The average Bonchev–Trinajstić information content (AvgIpc) is 2.82. The van der Waals surface area contributed by atoms with E-state index in [1.54, 1.807) is 0 Å². The quantitative estimate of drug-likeness (QED) is 0.354. The Morgan fingerprint density at radius 3 is 2.46 bits per heavy atom. The lowest BCUT2D eigenvalue weighted by molar-refractivity contribution is 0.457. The lowest BCUT2D eigenvalue weighted by Crippen LogP contribution is -2.11. The van der Waals surface area contributed by atoms with Crippen LogP contribution < -0.4 is 5.73 Å². The van der Waals surface area contributed by atoms with Crippen LogP contribution in [-0.4, -0.2) is 21.8 Å². The number of H-pyrrole nitrogens is 1. The van der Waals surface area contributed by atoms with Gasteiger partial charge in [0.05, 0.1) is 17.3 Å². The van der Waals surface area contributed by atoms with Crippen molar-refractivity contribution < 1.29 is 5.11 Å². The van der Waals surface area contributed by atoms with Crippen molar-refractivity contribution in [3.8, 4) is 5.88 Å². The highest BCUT2D eigenvalue weighted by atomic mass is 16.3. The Labute approximate surface area is 153 Å². The summed E-state index contributed by atoms with van der Waals surface area (Å²) < 4.78 is 0. The molecule has 0 spiro atoms. The highest BCUT2D eigenvalue weighted by molar-refractivity contribution is 6.21. The summed E-state index contributed by atoms with van der Waals surface area (Å²) in [4.78, 5) is 8.22. The zero-order valence-corrected chi connectivity index (χ0v) is 14.9. The molecule has 4 N–H and O–H groups in total. The summed E-state index contributed by atoms with van der Waals surface area (Å²) in [6, 6.07) is 16.1. The van der Waals surface area contributed by atoms with Crippen LogP contribution in [-0.2, 0) is 0 Å². The minimum absolute atomic E-state index is 0.154. The molecule has 0 radical (unpaired) electrons. The number of hydrogen-bond donors (Lipinski definition) is 3. The number of nitrogen functional groups attached to an aromatic ring is 1. The number of nitrogens with one attached hydrogen (secondary N) is 1. The maximum atomic E-state index is 10.7. The third-order valence-corrected chi connectivity index (χ3v) is 5.22. The molecule has 0 saturated heterocycles. The molecule has 1 aliphatic carbocycles. The van der Waals surface area contributed by atoms with E-state index in [0.717, 1.165) is 40.6 Å². The Hall–Kier alpha value is -2.75. The monoisotopic (exact) mass is 347 g/mol. The van der Waals surface area contributed by atoms with E-state index in [4.69, 9.17) is 10.7 Å². The number of rotatable bonds is 3. The fraction of sp³-hybridized carbons (Fsp3) is 0.318. The van der Waals surface area contributed by atoms with Gasteiger partial charge >= 0.3 is 0 Å². The van der Waals surface area contributed by atoms with Gasteiger partial charge in [0.1, 0.15) is 0 Å². The van der Waals surface area contributed by atoms with Crippen LogP contribution in [0.2, 0.25) is 0 Å². The SMILES string of the molecule is Nc1ccc2[nH]c(O)c(C(=NC3CCCCCC3)c3ccccc3)c2c1. The van der Waals surface area contributed by atoms with Gasteiger partial charge in [-0.15, -0.1) is 0 Å². The third-order valence-electron chi connectivity index (χ3n) is 5.22.